The lowest BCUT2D eigenvalue weighted by atomic mass is 9.91. The maximum absolute atomic E-state index is 4.04. The van der Waals surface area contributed by atoms with Crippen LogP contribution in [-0.2, 0) is 0 Å². The molecule has 2 heteroatoms. The van der Waals surface area contributed by atoms with Gasteiger partial charge in [0.2, 0.25) is 0 Å². The van der Waals surface area contributed by atoms with E-state index in [1.807, 2.05) is 0 Å². The molecule has 2 saturated carbocycles. The van der Waals surface area contributed by atoms with E-state index >= 15 is 0 Å². The summed E-state index contributed by atoms with van der Waals surface area (Å²) in [4.78, 5) is 2.74. The highest BCUT2D eigenvalue weighted by atomic mass is 15.2. The molecular weight excluding hydrogens is 208 g/mol. The van der Waals surface area contributed by atoms with Crippen LogP contribution in [0.3, 0.4) is 0 Å². The Kier molecular flexibility index (Phi) is 2.69. The van der Waals surface area contributed by atoms with Crippen molar-refractivity contribution >= 4 is 0 Å². The third-order valence-corrected chi connectivity index (χ3v) is 6.01. The highest BCUT2D eigenvalue weighted by Crippen LogP contribution is 2.45. The van der Waals surface area contributed by atoms with Crippen molar-refractivity contribution < 1.29 is 0 Å². The molecule has 0 amide bonds. The molecule has 1 N–H and O–H groups in total. The van der Waals surface area contributed by atoms with Crippen molar-refractivity contribution in [2.75, 3.05) is 13.1 Å². The molecule has 4 aliphatic rings. The number of nitrogens with zero attached hydrogens (tertiary/aromatic N) is 1. The Balaban J connectivity index is 1.34. The molecule has 0 spiro atoms. The number of hydrogen-bond acceptors (Lipinski definition) is 2. The van der Waals surface area contributed by atoms with E-state index in [0.29, 0.717) is 0 Å². The van der Waals surface area contributed by atoms with Gasteiger partial charge in [-0.15, -0.1) is 0 Å². The van der Waals surface area contributed by atoms with Crippen LogP contribution in [0.1, 0.15) is 51.4 Å². The van der Waals surface area contributed by atoms with Crippen LogP contribution in [0, 0.1) is 11.8 Å². The maximum Gasteiger partial charge on any atom is 0.0111 e. The van der Waals surface area contributed by atoms with E-state index in [1.54, 1.807) is 6.42 Å². The molecule has 96 valence electrons. The van der Waals surface area contributed by atoms with Crippen LogP contribution in [0.25, 0.3) is 0 Å². The first-order valence-corrected chi connectivity index (χ1v) is 7.88. The van der Waals surface area contributed by atoms with Gasteiger partial charge < -0.3 is 10.2 Å². The van der Waals surface area contributed by atoms with Crippen molar-refractivity contribution in [1.82, 2.24) is 10.2 Å². The van der Waals surface area contributed by atoms with E-state index in [9.17, 15) is 0 Å². The average molecular weight is 234 g/mol. The molecule has 0 aromatic heterocycles. The van der Waals surface area contributed by atoms with E-state index < -0.39 is 0 Å². The van der Waals surface area contributed by atoms with Crippen LogP contribution in [0.4, 0.5) is 0 Å². The first-order chi connectivity index (χ1) is 8.38. The second-order valence-corrected chi connectivity index (χ2v) is 7.00. The Hall–Kier alpha value is -0.0800. The van der Waals surface area contributed by atoms with Crippen LogP contribution in [0.15, 0.2) is 0 Å². The SMILES string of the molecule is C1CC2CC(NC3CC4CCC3C4)CCN2C1. The number of rotatable bonds is 2. The second kappa shape index (κ2) is 4.24. The molecule has 0 radical (unpaired) electrons. The van der Waals surface area contributed by atoms with Crippen molar-refractivity contribution in [3.05, 3.63) is 0 Å². The van der Waals surface area contributed by atoms with Gasteiger partial charge in [-0.1, -0.05) is 6.42 Å². The Morgan fingerprint density at radius 3 is 2.71 bits per heavy atom. The zero-order valence-corrected chi connectivity index (χ0v) is 10.9. The molecule has 2 nitrogen and oxygen atoms in total. The van der Waals surface area contributed by atoms with E-state index in [1.165, 1.54) is 58.0 Å². The van der Waals surface area contributed by atoms with Gasteiger partial charge in [0, 0.05) is 18.1 Å². The van der Waals surface area contributed by atoms with Crippen molar-refractivity contribution in [3.63, 3.8) is 0 Å². The lowest BCUT2D eigenvalue weighted by Gasteiger charge is -2.38. The van der Waals surface area contributed by atoms with Crippen molar-refractivity contribution in [2.45, 2.75) is 69.5 Å². The summed E-state index contributed by atoms with van der Waals surface area (Å²) in [5.74, 6) is 2.13. The average Bonchev–Trinajstić information content (AvgIpc) is 3.03. The normalized spacial score (nSPS) is 49.8. The fourth-order valence-corrected chi connectivity index (χ4v) is 5.13. The second-order valence-electron chi connectivity index (χ2n) is 7.00. The predicted octanol–water partition coefficient (Wildman–Crippen LogP) is 2.39. The fourth-order valence-electron chi connectivity index (χ4n) is 5.13. The third-order valence-electron chi connectivity index (χ3n) is 6.01. The molecule has 2 saturated heterocycles. The lowest BCUT2D eigenvalue weighted by Crippen LogP contribution is -2.49. The van der Waals surface area contributed by atoms with Crippen LogP contribution in [0.5, 0.6) is 0 Å². The molecule has 2 heterocycles. The summed E-state index contributed by atoms with van der Waals surface area (Å²) in [6, 6.07) is 2.67. The Morgan fingerprint density at radius 2 is 1.88 bits per heavy atom. The minimum absolute atomic E-state index is 0.846. The standard InChI is InChI=1S/C15H26N2/c1-2-14-10-13(5-7-17(14)6-1)16-15-9-11-3-4-12(15)8-11/h11-16H,1-10H2. The topological polar surface area (TPSA) is 15.3 Å². The van der Waals surface area contributed by atoms with Crippen LogP contribution >= 0.6 is 0 Å². The fraction of sp³-hybridized carbons (Fsp3) is 1.00. The number of hydrogen-bond donors (Lipinski definition) is 1. The van der Waals surface area contributed by atoms with Crippen LogP contribution in [0.2, 0.25) is 0 Å². The van der Waals surface area contributed by atoms with Crippen molar-refractivity contribution in [1.29, 1.82) is 0 Å². The number of piperidine rings is 1. The van der Waals surface area contributed by atoms with Gasteiger partial charge in [-0.25, -0.2) is 0 Å². The zero-order chi connectivity index (χ0) is 11.2. The molecule has 2 aliphatic heterocycles. The molecular formula is C15H26N2. The summed E-state index contributed by atoms with van der Waals surface area (Å²) < 4.78 is 0. The number of fused-ring (bicyclic) bond motifs is 3. The highest BCUT2D eigenvalue weighted by molar-refractivity contribution is 4.97. The van der Waals surface area contributed by atoms with Crippen LogP contribution < -0.4 is 5.32 Å². The Morgan fingerprint density at radius 1 is 0.882 bits per heavy atom. The van der Waals surface area contributed by atoms with Gasteiger partial charge in [0.15, 0.2) is 0 Å². The first kappa shape index (κ1) is 10.8. The van der Waals surface area contributed by atoms with E-state index in [2.05, 4.69) is 10.2 Å². The van der Waals surface area contributed by atoms with Gasteiger partial charge in [0.05, 0.1) is 0 Å². The minimum Gasteiger partial charge on any atom is -0.311 e. The summed E-state index contributed by atoms with van der Waals surface area (Å²) in [7, 11) is 0. The molecule has 17 heavy (non-hydrogen) atoms. The smallest absolute Gasteiger partial charge is 0.0111 e. The summed E-state index contributed by atoms with van der Waals surface area (Å²) in [6.45, 7) is 2.74. The predicted molar refractivity (Wildman–Crippen MR) is 70.0 cm³/mol. The minimum atomic E-state index is 0.846. The van der Waals surface area contributed by atoms with Gasteiger partial charge in [-0.05, 0) is 69.9 Å². The molecule has 5 unspecified atom stereocenters. The molecule has 4 rings (SSSR count). The maximum atomic E-state index is 4.04. The quantitative estimate of drug-likeness (QED) is 0.789. The van der Waals surface area contributed by atoms with Crippen molar-refractivity contribution in [2.24, 2.45) is 11.8 Å². The summed E-state index contributed by atoms with van der Waals surface area (Å²) in [5.41, 5.74) is 0. The zero-order valence-electron chi connectivity index (χ0n) is 10.9. The van der Waals surface area contributed by atoms with E-state index in [0.717, 1.165) is 30.0 Å². The molecule has 5 atom stereocenters. The van der Waals surface area contributed by atoms with Crippen LogP contribution in [-0.4, -0.2) is 36.1 Å². The molecule has 0 aromatic rings. The molecule has 0 aromatic carbocycles. The lowest BCUT2D eigenvalue weighted by molar-refractivity contribution is 0.153. The largest absolute Gasteiger partial charge is 0.311 e. The van der Waals surface area contributed by atoms with Crippen molar-refractivity contribution in [3.8, 4) is 0 Å². The summed E-state index contributed by atoms with van der Waals surface area (Å²) in [5, 5.41) is 4.04. The summed E-state index contributed by atoms with van der Waals surface area (Å²) in [6.07, 6.45) is 11.8. The van der Waals surface area contributed by atoms with Gasteiger partial charge in [0.1, 0.15) is 0 Å². The van der Waals surface area contributed by atoms with Gasteiger partial charge in [-0.3, -0.25) is 0 Å². The van der Waals surface area contributed by atoms with E-state index in [4.69, 9.17) is 0 Å². The number of nitrogens with one attached hydrogen (secondary N) is 1. The molecule has 4 fully saturated rings. The molecule has 2 aliphatic carbocycles. The van der Waals surface area contributed by atoms with E-state index in [-0.39, 0.29) is 0 Å². The Bertz CT molecular complexity index is 291. The van der Waals surface area contributed by atoms with Gasteiger partial charge >= 0.3 is 0 Å². The third kappa shape index (κ3) is 1.94. The Labute approximate surface area is 105 Å². The van der Waals surface area contributed by atoms with Gasteiger partial charge in [0.25, 0.3) is 0 Å². The summed E-state index contributed by atoms with van der Waals surface area (Å²) >= 11 is 0. The highest BCUT2D eigenvalue weighted by Gasteiger charge is 2.41. The molecule has 2 bridgehead atoms. The van der Waals surface area contributed by atoms with Gasteiger partial charge in [-0.2, -0.15) is 0 Å². The monoisotopic (exact) mass is 234 g/mol. The first-order valence-electron chi connectivity index (χ1n) is 7.88.